The topological polar surface area (TPSA) is 29.9 Å². The Morgan fingerprint density at radius 1 is 1.47 bits per heavy atom. The van der Waals surface area contributed by atoms with Gasteiger partial charge in [0.1, 0.15) is 5.82 Å². The Morgan fingerprint density at radius 3 is 2.67 bits per heavy atom. The zero-order valence-corrected chi connectivity index (χ0v) is 10.3. The van der Waals surface area contributed by atoms with Crippen LogP contribution in [0.1, 0.15) is 33.0 Å². The standard InChI is InChI=1S/C12H23N3/c1-5-12(10(2)3)14-7-9-15-8-6-13-11(15)4/h6,8,10,12,14H,5,7,9H2,1-4H3. The number of nitrogens with one attached hydrogen (secondary N) is 1. The third-order valence-corrected chi connectivity index (χ3v) is 2.93. The molecule has 1 atom stereocenters. The molecule has 1 rings (SSSR count). The van der Waals surface area contributed by atoms with Gasteiger partial charge in [0.25, 0.3) is 0 Å². The van der Waals surface area contributed by atoms with Gasteiger partial charge in [0.2, 0.25) is 0 Å². The van der Waals surface area contributed by atoms with Crippen molar-refractivity contribution in [2.24, 2.45) is 5.92 Å². The summed E-state index contributed by atoms with van der Waals surface area (Å²) in [6, 6.07) is 0.633. The molecule has 1 unspecified atom stereocenters. The molecule has 15 heavy (non-hydrogen) atoms. The maximum Gasteiger partial charge on any atom is 0.105 e. The predicted octanol–water partition coefficient (Wildman–Crippen LogP) is 2.22. The van der Waals surface area contributed by atoms with Crippen LogP contribution in [0.2, 0.25) is 0 Å². The van der Waals surface area contributed by atoms with E-state index < -0.39 is 0 Å². The molecule has 86 valence electrons. The Labute approximate surface area is 92.9 Å². The molecule has 1 heterocycles. The van der Waals surface area contributed by atoms with Crippen molar-refractivity contribution in [2.75, 3.05) is 6.54 Å². The van der Waals surface area contributed by atoms with E-state index in [1.165, 1.54) is 6.42 Å². The van der Waals surface area contributed by atoms with Crippen molar-refractivity contribution in [3.8, 4) is 0 Å². The van der Waals surface area contributed by atoms with Gasteiger partial charge in [-0.05, 0) is 19.3 Å². The first kappa shape index (κ1) is 12.2. The Morgan fingerprint density at radius 2 is 2.20 bits per heavy atom. The van der Waals surface area contributed by atoms with Crippen LogP contribution in [0.4, 0.5) is 0 Å². The highest BCUT2D eigenvalue weighted by molar-refractivity contribution is 4.88. The highest BCUT2D eigenvalue weighted by Gasteiger charge is 2.09. The normalized spacial score (nSPS) is 13.4. The van der Waals surface area contributed by atoms with Gasteiger partial charge >= 0.3 is 0 Å². The molecule has 0 aliphatic carbocycles. The smallest absolute Gasteiger partial charge is 0.105 e. The lowest BCUT2D eigenvalue weighted by atomic mass is 10.0. The number of aromatic nitrogens is 2. The van der Waals surface area contributed by atoms with Crippen LogP contribution in [0, 0.1) is 12.8 Å². The van der Waals surface area contributed by atoms with Crippen molar-refractivity contribution < 1.29 is 0 Å². The van der Waals surface area contributed by atoms with Crippen LogP contribution in [-0.4, -0.2) is 22.1 Å². The van der Waals surface area contributed by atoms with E-state index in [0.29, 0.717) is 12.0 Å². The largest absolute Gasteiger partial charge is 0.334 e. The molecule has 0 aliphatic rings. The molecule has 0 bridgehead atoms. The maximum atomic E-state index is 4.20. The molecular formula is C12H23N3. The molecule has 3 heteroatoms. The van der Waals surface area contributed by atoms with Crippen molar-refractivity contribution >= 4 is 0 Å². The second-order valence-electron chi connectivity index (χ2n) is 4.38. The van der Waals surface area contributed by atoms with E-state index in [9.17, 15) is 0 Å². The van der Waals surface area contributed by atoms with Gasteiger partial charge in [-0.15, -0.1) is 0 Å². The summed E-state index contributed by atoms with van der Waals surface area (Å²) in [5, 5.41) is 3.59. The second kappa shape index (κ2) is 5.91. The molecule has 0 radical (unpaired) electrons. The fourth-order valence-corrected chi connectivity index (χ4v) is 1.86. The van der Waals surface area contributed by atoms with E-state index >= 15 is 0 Å². The summed E-state index contributed by atoms with van der Waals surface area (Å²) in [5.74, 6) is 1.80. The lowest BCUT2D eigenvalue weighted by molar-refractivity contribution is 0.380. The third kappa shape index (κ3) is 3.67. The first-order valence-corrected chi connectivity index (χ1v) is 5.86. The fourth-order valence-electron chi connectivity index (χ4n) is 1.86. The zero-order valence-electron chi connectivity index (χ0n) is 10.3. The average Bonchev–Trinajstić information content (AvgIpc) is 2.58. The zero-order chi connectivity index (χ0) is 11.3. The van der Waals surface area contributed by atoms with Crippen LogP contribution in [0.3, 0.4) is 0 Å². The number of rotatable bonds is 6. The maximum absolute atomic E-state index is 4.20. The van der Waals surface area contributed by atoms with Crippen LogP contribution in [0.15, 0.2) is 12.4 Å². The Bertz CT molecular complexity index is 278. The van der Waals surface area contributed by atoms with Crippen molar-refractivity contribution in [2.45, 2.75) is 46.7 Å². The highest BCUT2D eigenvalue weighted by atomic mass is 15.1. The quantitative estimate of drug-likeness (QED) is 0.778. The molecule has 0 amide bonds. The van der Waals surface area contributed by atoms with E-state index in [1.54, 1.807) is 0 Å². The van der Waals surface area contributed by atoms with Gasteiger partial charge in [-0.1, -0.05) is 20.8 Å². The fraction of sp³-hybridized carbons (Fsp3) is 0.750. The van der Waals surface area contributed by atoms with Gasteiger partial charge in [-0.2, -0.15) is 0 Å². The van der Waals surface area contributed by atoms with E-state index in [4.69, 9.17) is 0 Å². The Hall–Kier alpha value is -0.830. The van der Waals surface area contributed by atoms with Gasteiger partial charge in [0.15, 0.2) is 0 Å². The van der Waals surface area contributed by atoms with E-state index in [1.807, 2.05) is 19.3 Å². The van der Waals surface area contributed by atoms with Gasteiger partial charge in [-0.25, -0.2) is 4.98 Å². The van der Waals surface area contributed by atoms with E-state index in [0.717, 1.165) is 18.9 Å². The minimum atomic E-state index is 0.633. The molecule has 1 N–H and O–H groups in total. The lowest BCUT2D eigenvalue weighted by Crippen LogP contribution is -2.35. The summed E-state index contributed by atoms with van der Waals surface area (Å²) in [7, 11) is 0. The SMILES string of the molecule is CCC(NCCn1ccnc1C)C(C)C. The third-order valence-electron chi connectivity index (χ3n) is 2.93. The predicted molar refractivity (Wildman–Crippen MR) is 63.9 cm³/mol. The summed E-state index contributed by atoms with van der Waals surface area (Å²) in [4.78, 5) is 4.20. The molecule has 3 nitrogen and oxygen atoms in total. The van der Waals surface area contributed by atoms with Gasteiger partial charge < -0.3 is 9.88 Å². The molecule has 0 saturated heterocycles. The van der Waals surface area contributed by atoms with Crippen LogP contribution < -0.4 is 5.32 Å². The first-order valence-electron chi connectivity index (χ1n) is 5.86. The molecule has 0 spiro atoms. The molecule has 0 fully saturated rings. The number of nitrogens with zero attached hydrogens (tertiary/aromatic N) is 2. The van der Waals surface area contributed by atoms with Crippen LogP contribution in [0.25, 0.3) is 0 Å². The van der Waals surface area contributed by atoms with Crippen molar-refractivity contribution in [3.05, 3.63) is 18.2 Å². The summed E-state index contributed by atoms with van der Waals surface area (Å²) < 4.78 is 2.18. The second-order valence-corrected chi connectivity index (χ2v) is 4.38. The Kier molecular flexibility index (Phi) is 4.82. The minimum Gasteiger partial charge on any atom is -0.334 e. The summed E-state index contributed by atoms with van der Waals surface area (Å²) >= 11 is 0. The van der Waals surface area contributed by atoms with Gasteiger partial charge in [0, 0.05) is 31.5 Å². The number of imidazole rings is 1. The number of aryl methyl sites for hydroxylation is 1. The summed E-state index contributed by atoms with van der Waals surface area (Å²) in [6.07, 6.45) is 5.09. The van der Waals surface area contributed by atoms with Crippen LogP contribution in [0.5, 0.6) is 0 Å². The average molecular weight is 209 g/mol. The van der Waals surface area contributed by atoms with Crippen LogP contribution in [-0.2, 0) is 6.54 Å². The molecule has 0 aromatic carbocycles. The first-order chi connectivity index (χ1) is 7.15. The summed E-state index contributed by atoms with van der Waals surface area (Å²) in [5.41, 5.74) is 0. The number of hydrogen-bond acceptors (Lipinski definition) is 2. The van der Waals surface area contributed by atoms with E-state index in [-0.39, 0.29) is 0 Å². The Balaban J connectivity index is 2.29. The minimum absolute atomic E-state index is 0.633. The molecule has 0 aliphatic heterocycles. The van der Waals surface area contributed by atoms with Crippen molar-refractivity contribution in [3.63, 3.8) is 0 Å². The van der Waals surface area contributed by atoms with Crippen LogP contribution >= 0.6 is 0 Å². The molecular weight excluding hydrogens is 186 g/mol. The monoisotopic (exact) mass is 209 g/mol. The number of hydrogen-bond donors (Lipinski definition) is 1. The molecule has 1 aromatic rings. The summed E-state index contributed by atoms with van der Waals surface area (Å²) in [6.45, 7) is 10.8. The lowest BCUT2D eigenvalue weighted by Gasteiger charge is -2.20. The van der Waals surface area contributed by atoms with Crippen molar-refractivity contribution in [1.29, 1.82) is 0 Å². The van der Waals surface area contributed by atoms with Gasteiger partial charge in [-0.3, -0.25) is 0 Å². The molecule has 1 aromatic heterocycles. The molecule has 0 saturated carbocycles. The van der Waals surface area contributed by atoms with E-state index in [2.05, 4.69) is 35.6 Å². The van der Waals surface area contributed by atoms with Gasteiger partial charge in [0.05, 0.1) is 0 Å². The highest BCUT2D eigenvalue weighted by Crippen LogP contribution is 2.04. The van der Waals surface area contributed by atoms with Crippen molar-refractivity contribution in [1.82, 2.24) is 14.9 Å².